The molecule has 0 aliphatic heterocycles. The zero-order valence-corrected chi connectivity index (χ0v) is 13.8. The third-order valence-corrected chi connectivity index (χ3v) is 7.53. The van der Waals surface area contributed by atoms with Crippen molar-refractivity contribution in [3.63, 3.8) is 0 Å². The molecule has 0 radical (unpaired) electrons. The van der Waals surface area contributed by atoms with Crippen LogP contribution in [0.5, 0.6) is 5.75 Å². The molecule has 0 aromatic heterocycles. The molecular weight excluding hydrogens is 272 g/mol. The van der Waals surface area contributed by atoms with Crippen LogP contribution in [0.15, 0.2) is 18.2 Å². The van der Waals surface area contributed by atoms with Crippen LogP contribution in [-0.2, 0) is 11.8 Å². The van der Waals surface area contributed by atoms with Crippen LogP contribution in [0.2, 0.25) is 0 Å². The van der Waals surface area contributed by atoms with E-state index in [4.69, 9.17) is 0 Å². The normalized spacial score (nSPS) is 43.3. The molecule has 2 nitrogen and oxygen atoms in total. The maximum atomic E-state index is 10.3. The van der Waals surface area contributed by atoms with Crippen LogP contribution in [0.1, 0.15) is 63.5 Å². The smallest absolute Gasteiger partial charge is 0.115 e. The summed E-state index contributed by atoms with van der Waals surface area (Å²) in [5.41, 5.74) is 3.43. The van der Waals surface area contributed by atoms with Crippen molar-refractivity contribution in [2.24, 2.45) is 17.3 Å². The molecule has 5 atom stereocenters. The molecule has 3 aliphatic rings. The SMILES string of the molecule is CC[C@]12CC[C@]3(C)c4ccc(O)cc4CC[C@H]3[C@@H]1C[C@@H](O)C2. The molecule has 3 aliphatic carbocycles. The lowest BCUT2D eigenvalue weighted by molar-refractivity contribution is -0.000642. The molecule has 2 heteroatoms. The molecule has 0 bridgehead atoms. The molecule has 1 aromatic carbocycles. The number of aromatic hydroxyl groups is 1. The predicted octanol–water partition coefficient (Wildman–Crippen LogP) is 4.17. The summed E-state index contributed by atoms with van der Waals surface area (Å²) in [6.07, 6.45) is 7.91. The van der Waals surface area contributed by atoms with Crippen LogP contribution in [-0.4, -0.2) is 16.3 Å². The third kappa shape index (κ3) is 1.83. The first-order chi connectivity index (χ1) is 10.5. The molecule has 2 saturated carbocycles. The first-order valence-corrected chi connectivity index (χ1v) is 8.99. The van der Waals surface area contributed by atoms with Gasteiger partial charge in [0.25, 0.3) is 0 Å². The van der Waals surface area contributed by atoms with Gasteiger partial charge in [-0.05, 0) is 84.5 Å². The number of benzene rings is 1. The fraction of sp³-hybridized carbons (Fsp3) is 0.700. The van der Waals surface area contributed by atoms with Crippen LogP contribution in [0.3, 0.4) is 0 Å². The topological polar surface area (TPSA) is 40.5 Å². The Morgan fingerprint density at radius 2 is 2.05 bits per heavy atom. The van der Waals surface area contributed by atoms with Crippen molar-refractivity contribution < 1.29 is 10.2 Å². The van der Waals surface area contributed by atoms with E-state index < -0.39 is 0 Å². The van der Waals surface area contributed by atoms with E-state index in [-0.39, 0.29) is 11.5 Å². The minimum absolute atomic E-state index is 0.0893. The summed E-state index contributed by atoms with van der Waals surface area (Å²) in [4.78, 5) is 0. The zero-order valence-electron chi connectivity index (χ0n) is 13.8. The second-order valence-electron chi connectivity index (χ2n) is 8.32. The van der Waals surface area contributed by atoms with Gasteiger partial charge in [-0.2, -0.15) is 0 Å². The standard InChI is InChI=1S/C20H28O2/c1-3-20-9-8-19(2)16-7-5-14(21)10-13(16)4-6-17(19)18(20)11-15(22)12-20/h5,7,10,15,17-18,21-22H,3-4,6,8-9,11-12H2,1-2H3/t15-,17+,18+,19-,20-/m1/s1. The van der Waals surface area contributed by atoms with Crippen molar-refractivity contribution in [3.8, 4) is 5.75 Å². The van der Waals surface area contributed by atoms with Gasteiger partial charge in [0.1, 0.15) is 5.75 Å². The number of aliphatic hydroxyl groups excluding tert-OH is 1. The van der Waals surface area contributed by atoms with Crippen LogP contribution < -0.4 is 0 Å². The monoisotopic (exact) mass is 300 g/mol. The van der Waals surface area contributed by atoms with E-state index in [0.29, 0.717) is 23.0 Å². The van der Waals surface area contributed by atoms with Crippen LogP contribution in [0.4, 0.5) is 0 Å². The van der Waals surface area contributed by atoms with E-state index in [1.165, 1.54) is 36.8 Å². The highest BCUT2D eigenvalue weighted by Crippen LogP contribution is 2.64. The van der Waals surface area contributed by atoms with E-state index >= 15 is 0 Å². The van der Waals surface area contributed by atoms with Crippen LogP contribution >= 0.6 is 0 Å². The van der Waals surface area contributed by atoms with Gasteiger partial charge in [-0.3, -0.25) is 0 Å². The first-order valence-electron chi connectivity index (χ1n) is 8.99. The Morgan fingerprint density at radius 3 is 2.82 bits per heavy atom. The number of hydrogen-bond donors (Lipinski definition) is 2. The molecule has 120 valence electrons. The van der Waals surface area contributed by atoms with Crippen LogP contribution in [0.25, 0.3) is 0 Å². The van der Waals surface area contributed by atoms with Crippen molar-refractivity contribution >= 4 is 0 Å². The van der Waals surface area contributed by atoms with Gasteiger partial charge < -0.3 is 10.2 Å². The Balaban J connectivity index is 1.77. The van der Waals surface area contributed by atoms with Gasteiger partial charge in [0.2, 0.25) is 0 Å². The molecule has 4 rings (SSSR count). The zero-order chi connectivity index (χ0) is 15.5. The van der Waals surface area contributed by atoms with Crippen molar-refractivity contribution in [1.82, 2.24) is 0 Å². The quantitative estimate of drug-likeness (QED) is 0.817. The number of phenols is 1. The average Bonchev–Trinajstić information content (AvgIpc) is 2.83. The molecule has 2 N–H and O–H groups in total. The Labute approximate surface area is 133 Å². The molecular formula is C20H28O2. The molecule has 0 heterocycles. The summed E-state index contributed by atoms with van der Waals surface area (Å²) in [5, 5.41) is 20.1. The Hall–Kier alpha value is -1.02. The first kappa shape index (κ1) is 14.6. The number of hydrogen-bond acceptors (Lipinski definition) is 2. The van der Waals surface area contributed by atoms with Gasteiger partial charge >= 0.3 is 0 Å². The number of aryl methyl sites for hydroxylation is 1. The van der Waals surface area contributed by atoms with E-state index in [1.807, 2.05) is 12.1 Å². The second kappa shape index (κ2) is 4.74. The second-order valence-corrected chi connectivity index (χ2v) is 8.32. The third-order valence-electron chi connectivity index (χ3n) is 7.53. The molecule has 0 saturated heterocycles. The van der Waals surface area contributed by atoms with Crippen molar-refractivity contribution in [2.75, 3.05) is 0 Å². The molecule has 2 fully saturated rings. The average molecular weight is 300 g/mol. The number of phenolic OH excluding ortho intramolecular Hbond substituents is 1. The van der Waals surface area contributed by atoms with E-state index in [0.717, 1.165) is 19.3 Å². The minimum atomic E-state index is -0.0893. The Bertz CT molecular complexity index is 595. The maximum absolute atomic E-state index is 10.3. The fourth-order valence-electron chi connectivity index (χ4n) is 6.36. The molecule has 0 amide bonds. The number of rotatable bonds is 1. The van der Waals surface area contributed by atoms with E-state index in [1.54, 1.807) is 0 Å². The lowest BCUT2D eigenvalue weighted by Crippen LogP contribution is -2.49. The summed E-state index contributed by atoms with van der Waals surface area (Å²) < 4.78 is 0. The molecule has 0 spiro atoms. The van der Waals surface area contributed by atoms with Gasteiger partial charge in [0.15, 0.2) is 0 Å². The summed E-state index contributed by atoms with van der Waals surface area (Å²) >= 11 is 0. The Morgan fingerprint density at radius 1 is 1.23 bits per heavy atom. The largest absolute Gasteiger partial charge is 0.508 e. The van der Waals surface area contributed by atoms with Gasteiger partial charge in [-0.25, -0.2) is 0 Å². The lowest BCUT2D eigenvalue weighted by Gasteiger charge is -2.56. The highest BCUT2D eigenvalue weighted by molar-refractivity contribution is 5.43. The van der Waals surface area contributed by atoms with Gasteiger partial charge in [-0.15, -0.1) is 0 Å². The van der Waals surface area contributed by atoms with Crippen molar-refractivity contribution in [2.45, 2.75) is 70.3 Å². The highest BCUT2D eigenvalue weighted by Gasteiger charge is 2.58. The van der Waals surface area contributed by atoms with E-state index in [9.17, 15) is 10.2 Å². The van der Waals surface area contributed by atoms with Gasteiger partial charge in [0, 0.05) is 0 Å². The predicted molar refractivity (Wildman–Crippen MR) is 88.0 cm³/mol. The lowest BCUT2D eigenvalue weighted by atomic mass is 9.48. The summed E-state index contributed by atoms with van der Waals surface area (Å²) in [5.74, 6) is 1.76. The number of fused-ring (bicyclic) bond motifs is 5. The van der Waals surface area contributed by atoms with Crippen molar-refractivity contribution in [1.29, 1.82) is 0 Å². The highest BCUT2D eigenvalue weighted by atomic mass is 16.3. The summed E-state index contributed by atoms with van der Waals surface area (Å²) in [6.45, 7) is 4.76. The molecule has 22 heavy (non-hydrogen) atoms. The summed E-state index contributed by atoms with van der Waals surface area (Å²) in [6, 6.07) is 6.00. The van der Waals surface area contributed by atoms with Crippen molar-refractivity contribution in [3.05, 3.63) is 29.3 Å². The maximum Gasteiger partial charge on any atom is 0.115 e. The van der Waals surface area contributed by atoms with Gasteiger partial charge in [-0.1, -0.05) is 26.3 Å². The van der Waals surface area contributed by atoms with Gasteiger partial charge in [0.05, 0.1) is 6.10 Å². The van der Waals surface area contributed by atoms with Crippen LogP contribution in [0, 0.1) is 17.3 Å². The molecule has 0 unspecified atom stereocenters. The minimum Gasteiger partial charge on any atom is -0.508 e. The molecule has 1 aromatic rings. The Kier molecular flexibility index (Phi) is 3.14. The fourth-order valence-corrected chi connectivity index (χ4v) is 6.36. The van der Waals surface area contributed by atoms with E-state index in [2.05, 4.69) is 19.9 Å². The summed E-state index contributed by atoms with van der Waals surface area (Å²) in [7, 11) is 0. The number of aliphatic hydroxyl groups is 1.